The quantitative estimate of drug-likeness (QED) is 0.616. The van der Waals surface area contributed by atoms with Crippen LogP contribution in [0.5, 0.6) is 0 Å². The van der Waals surface area contributed by atoms with Gasteiger partial charge in [0.15, 0.2) is 0 Å². The van der Waals surface area contributed by atoms with Gasteiger partial charge >= 0.3 is 11.9 Å². The second kappa shape index (κ2) is 3.95. The standard InChI is InChI=1S/C7H12O4/c1-4(2)6(7(9)10)11-5(3)8/h4,6H,1-3H3,(H,9,10)/t6-/m0/s1. The van der Waals surface area contributed by atoms with Crippen LogP contribution < -0.4 is 0 Å². The molecule has 64 valence electrons. The van der Waals surface area contributed by atoms with Crippen LogP contribution in [0, 0.1) is 5.92 Å². The van der Waals surface area contributed by atoms with Crippen LogP contribution in [0.25, 0.3) is 0 Å². The van der Waals surface area contributed by atoms with Gasteiger partial charge in [-0.15, -0.1) is 0 Å². The lowest BCUT2D eigenvalue weighted by atomic mass is 10.1. The van der Waals surface area contributed by atoms with Crippen molar-refractivity contribution in [2.45, 2.75) is 26.9 Å². The normalized spacial score (nSPS) is 12.7. The first kappa shape index (κ1) is 9.94. The van der Waals surface area contributed by atoms with E-state index in [2.05, 4.69) is 4.74 Å². The van der Waals surface area contributed by atoms with Gasteiger partial charge in [0.05, 0.1) is 0 Å². The van der Waals surface area contributed by atoms with Crippen molar-refractivity contribution in [3.63, 3.8) is 0 Å². The summed E-state index contributed by atoms with van der Waals surface area (Å²) in [6.07, 6.45) is -1.02. The Kier molecular flexibility index (Phi) is 3.57. The topological polar surface area (TPSA) is 63.6 Å². The molecule has 0 saturated heterocycles. The van der Waals surface area contributed by atoms with Gasteiger partial charge < -0.3 is 9.84 Å². The molecule has 0 bridgehead atoms. The first-order chi connectivity index (χ1) is 4.95. The highest BCUT2D eigenvalue weighted by Crippen LogP contribution is 2.06. The Morgan fingerprint density at radius 3 is 1.91 bits per heavy atom. The molecule has 0 aliphatic heterocycles. The summed E-state index contributed by atoms with van der Waals surface area (Å²) in [6, 6.07) is 0. The number of rotatable bonds is 3. The van der Waals surface area contributed by atoms with E-state index in [1.165, 1.54) is 6.92 Å². The van der Waals surface area contributed by atoms with Crippen LogP contribution in [0.4, 0.5) is 0 Å². The van der Waals surface area contributed by atoms with E-state index in [-0.39, 0.29) is 5.92 Å². The summed E-state index contributed by atoms with van der Waals surface area (Å²) in [5, 5.41) is 8.52. The lowest BCUT2D eigenvalue weighted by Gasteiger charge is -2.15. The molecule has 0 saturated carbocycles. The molecule has 0 aromatic carbocycles. The number of aliphatic carboxylic acids is 1. The number of hydrogen-bond acceptors (Lipinski definition) is 3. The minimum absolute atomic E-state index is 0.198. The number of carboxylic acid groups (broad SMARTS) is 1. The van der Waals surface area contributed by atoms with Crippen molar-refractivity contribution < 1.29 is 19.4 Å². The number of esters is 1. The van der Waals surface area contributed by atoms with Crippen LogP contribution in [0.1, 0.15) is 20.8 Å². The summed E-state index contributed by atoms with van der Waals surface area (Å²) in [4.78, 5) is 20.8. The molecule has 4 nitrogen and oxygen atoms in total. The van der Waals surface area contributed by atoms with Gasteiger partial charge in [-0.05, 0) is 0 Å². The van der Waals surface area contributed by atoms with Gasteiger partial charge in [0.1, 0.15) is 0 Å². The molecule has 0 aromatic heterocycles. The molecule has 0 aliphatic carbocycles. The zero-order valence-electron chi connectivity index (χ0n) is 6.83. The van der Waals surface area contributed by atoms with Crippen molar-refractivity contribution in [2.24, 2.45) is 5.92 Å². The van der Waals surface area contributed by atoms with Crippen molar-refractivity contribution >= 4 is 11.9 Å². The largest absolute Gasteiger partial charge is 0.478 e. The van der Waals surface area contributed by atoms with Gasteiger partial charge in [0.25, 0.3) is 0 Å². The Labute approximate surface area is 65.2 Å². The van der Waals surface area contributed by atoms with Crippen LogP contribution in [-0.2, 0) is 14.3 Å². The van der Waals surface area contributed by atoms with E-state index in [0.717, 1.165) is 0 Å². The van der Waals surface area contributed by atoms with Crippen LogP contribution in [0.15, 0.2) is 0 Å². The van der Waals surface area contributed by atoms with Crippen LogP contribution >= 0.6 is 0 Å². The van der Waals surface area contributed by atoms with Gasteiger partial charge in [0, 0.05) is 12.8 Å². The summed E-state index contributed by atoms with van der Waals surface area (Å²) >= 11 is 0. The maximum Gasteiger partial charge on any atom is 0.345 e. The molecular weight excluding hydrogens is 148 g/mol. The fourth-order valence-corrected chi connectivity index (χ4v) is 0.650. The van der Waals surface area contributed by atoms with Gasteiger partial charge in [-0.1, -0.05) is 13.8 Å². The maximum absolute atomic E-state index is 10.4. The molecule has 0 aromatic rings. The van der Waals surface area contributed by atoms with Crippen molar-refractivity contribution in [2.75, 3.05) is 0 Å². The molecule has 1 atom stereocenters. The summed E-state index contributed by atoms with van der Waals surface area (Å²) < 4.78 is 4.53. The molecule has 0 fully saturated rings. The van der Waals surface area contributed by atoms with Gasteiger partial charge in [-0.2, -0.15) is 0 Å². The van der Waals surface area contributed by atoms with Crippen molar-refractivity contribution in [3.8, 4) is 0 Å². The Hall–Kier alpha value is -1.06. The predicted molar refractivity (Wildman–Crippen MR) is 38.0 cm³/mol. The van der Waals surface area contributed by atoms with E-state index in [9.17, 15) is 9.59 Å². The fraction of sp³-hybridized carbons (Fsp3) is 0.714. The lowest BCUT2D eigenvalue weighted by molar-refractivity contribution is -0.165. The highest BCUT2D eigenvalue weighted by atomic mass is 16.6. The molecule has 0 aliphatic rings. The molecule has 0 radical (unpaired) electrons. The molecular formula is C7H12O4. The molecule has 0 heterocycles. The van der Waals surface area contributed by atoms with E-state index in [1.807, 2.05) is 0 Å². The number of carboxylic acids is 1. The first-order valence-corrected chi connectivity index (χ1v) is 3.35. The summed E-state index contributed by atoms with van der Waals surface area (Å²) in [5.41, 5.74) is 0. The van der Waals surface area contributed by atoms with Gasteiger partial charge in [-0.25, -0.2) is 4.79 Å². The molecule has 0 amide bonds. The fourth-order valence-electron chi connectivity index (χ4n) is 0.650. The van der Waals surface area contributed by atoms with Crippen molar-refractivity contribution in [1.29, 1.82) is 0 Å². The molecule has 1 N–H and O–H groups in total. The Morgan fingerprint density at radius 1 is 1.36 bits per heavy atom. The summed E-state index contributed by atoms with van der Waals surface area (Å²) in [7, 11) is 0. The van der Waals surface area contributed by atoms with Crippen molar-refractivity contribution in [3.05, 3.63) is 0 Å². The SMILES string of the molecule is CC(=O)O[C@H](C(=O)O)C(C)C. The Bertz CT molecular complexity index is 162. The summed E-state index contributed by atoms with van der Waals surface area (Å²) in [6.45, 7) is 4.56. The minimum Gasteiger partial charge on any atom is -0.478 e. The van der Waals surface area contributed by atoms with E-state index in [0.29, 0.717) is 0 Å². The predicted octanol–water partition coefficient (Wildman–Crippen LogP) is 0.659. The number of hydrogen-bond donors (Lipinski definition) is 1. The smallest absolute Gasteiger partial charge is 0.345 e. The highest BCUT2D eigenvalue weighted by molar-refractivity contribution is 5.77. The molecule has 11 heavy (non-hydrogen) atoms. The third-order valence-corrected chi connectivity index (χ3v) is 1.14. The van der Waals surface area contributed by atoms with E-state index in [4.69, 9.17) is 5.11 Å². The van der Waals surface area contributed by atoms with Crippen molar-refractivity contribution in [1.82, 2.24) is 0 Å². The zero-order chi connectivity index (χ0) is 9.02. The van der Waals surface area contributed by atoms with Crippen LogP contribution in [-0.4, -0.2) is 23.1 Å². The Morgan fingerprint density at radius 2 is 1.82 bits per heavy atom. The average molecular weight is 160 g/mol. The molecule has 4 heteroatoms. The minimum atomic E-state index is -1.10. The highest BCUT2D eigenvalue weighted by Gasteiger charge is 2.23. The maximum atomic E-state index is 10.4. The average Bonchev–Trinajstić information content (AvgIpc) is 1.81. The number of ether oxygens (including phenoxy) is 1. The van der Waals surface area contributed by atoms with Gasteiger partial charge in [-0.3, -0.25) is 4.79 Å². The lowest BCUT2D eigenvalue weighted by Crippen LogP contribution is -2.30. The van der Waals surface area contributed by atoms with Crippen LogP contribution in [0.3, 0.4) is 0 Å². The second-order valence-electron chi connectivity index (χ2n) is 2.61. The third-order valence-electron chi connectivity index (χ3n) is 1.14. The van der Waals surface area contributed by atoms with E-state index >= 15 is 0 Å². The number of carbonyl (C=O) groups is 2. The van der Waals surface area contributed by atoms with Crippen LogP contribution in [0.2, 0.25) is 0 Å². The molecule has 0 unspecified atom stereocenters. The second-order valence-corrected chi connectivity index (χ2v) is 2.61. The summed E-state index contributed by atoms with van der Waals surface area (Å²) in [5.74, 6) is -1.86. The number of carbonyl (C=O) groups excluding carboxylic acids is 1. The monoisotopic (exact) mass is 160 g/mol. The molecule has 0 rings (SSSR count). The zero-order valence-corrected chi connectivity index (χ0v) is 6.83. The third kappa shape index (κ3) is 3.60. The van der Waals surface area contributed by atoms with E-state index < -0.39 is 18.0 Å². The van der Waals surface area contributed by atoms with Gasteiger partial charge in [0.2, 0.25) is 6.10 Å². The Balaban J connectivity index is 4.12. The van der Waals surface area contributed by atoms with E-state index in [1.54, 1.807) is 13.8 Å². The first-order valence-electron chi connectivity index (χ1n) is 3.35. The molecule has 0 spiro atoms.